The summed E-state index contributed by atoms with van der Waals surface area (Å²) in [6, 6.07) is 7.11. The number of rotatable bonds is 5. The first kappa shape index (κ1) is 16.2. The Morgan fingerprint density at radius 1 is 1.10 bits per heavy atom. The van der Waals surface area contributed by atoms with Crippen molar-refractivity contribution in [2.75, 3.05) is 13.7 Å². The lowest BCUT2D eigenvalue weighted by Gasteiger charge is -2.39. The molecule has 4 N–H and O–H groups in total. The van der Waals surface area contributed by atoms with Gasteiger partial charge in [0.05, 0.1) is 20.3 Å². The van der Waals surface area contributed by atoms with E-state index in [-0.39, 0.29) is 6.61 Å². The Morgan fingerprint density at radius 2 is 1.76 bits per heavy atom. The van der Waals surface area contributed by atoms with E-state index in [9.17, 15) is 15.3 Å². The number of aliphatic hydroxyl groups excluding tert-OH is 4. The van der Waals surface area contributed by atoms with Crippen molar-refractivity contribution in [3.8, 4) is 5.75 Å². The Kier molecular flexibility index (Phi) is 5.51. The smallest absolute Gasteiger partial charge is 0.184 e. The van der Waals surface area contributed by atoms with Gasteiger partial charge in [0.15, 0.2) is 6.29 Å². The highest BCUT2D eigenvalue weighted by Crippen LogP contribution is 2.23. The molecule has 0 aromatic heterocycles. The molecule has 1 aliphatic rings. The van der Waals surface area contributed by atoms with E-state index in [0.29, 0.717) is 5.75 Å². The zero-order valence-corrected chi connectivity index (χ0v) is 11.6. The highest BCUT2D eigenvalue weighted by Gasteiger charge is 2.44. The number of hydrogen-bond donors (Lipinski definition) is 4. The van der Waals surface area contributed by atoms with Crippen LogP contribution < -0.4 is 4.74 Å². The maximum Gasteiger partial charge on any atom is 0.184 e. The second kappa shape index (κ2) is 7.17. The van der Waals surface area contributed by atoms with Gasteiger partial charge in [-0.25, -0.2) is 0 Å². The van der Waals surface area contributed by atoms with Crippen LogP contribution in [0, 0.1) is 0 Å². The highest BCUT2D eigenvalue weighted by atomic mass is 16.6. The lowest BCUT2D eigenvalue weighted by atomic mass is 9.99. The molecule has 0 radical (unpaired) electrons. The van der Waals surface area contributed by atoms with Gasteiger partial charge >= 0.3 is 0 Å². The van der Waals surface area contributed by atoms with E-state index in [1.54, 1.807) is 31.4 Å². The number of methoxy groups -OCH3 is 1. The summed E-state index contributed by atoms with van der Waals surface area (Å²) in [7, 11) is 1.57. The quantitative estimate of drug-likeness (QED) is 0.553. The van der Waals surface area contributed by atoms with Crippen molar-refractivity contribution in [2.24, 2.45) is 0 Å². The summed E-state index contributed by atoms with van der Waals surface area (Å²) in [5.41, 5.74) is 0.816. The summed E-state index contributed by atoms with van der Waals surface area (Å²) in [5, 5.41) is 38.4. The standard InChI is InChI=1S/C14H20O7/c1-19-9-4-2-8(3-5-9)7-20-13-11(16)10(6-15)21-14(18)12(13)17/h2-5,10-18H,6-7H2,1H3/t10-,11+,12-,13+,14?/m1/s1. The first-order chi connectivity index (χ1) is 10.1. The van der Waals surface area contributed by atoms with Gasteiger partial charge in [-0.05, 0) is 17.7 Å². The average molecular weight is 300 g/mol. The molecule has 1 aliphatic heterocycles. The molecular weight excluding hydrogens is 280 g/mol. The number of benzene rings is 1. The third kappa shape index (κ3) is 3.70. The van der Waals surface area contributed by atoms with E-state index in [0.717, 1.165) is 5.56 Å². The van der Waals surface area contributed by atoms with E-state index < -0.39 is 37.3 Å². The molecular formula is C14H20O7. The summed E-state index contributed by atoms with van der Waals surface area (Å²) in [5.74, 6) is 0.709. The molecule has 1 saturated heterocycles. The summed E-state index contributed by atoms with van der Waals surface area (Å²) in [6.45, 7) is -0.346. The van der Waals surface area contributed by atoms with Crippen LogP contribution in [0.3, 0.4) is 0 Å². The molecule has 1 heterocycles. The number of ether oxygens (including phenoxy) is 3. The van der Waals surface area contributed by atoms with Gasteiger partial charge in [-0.2, -0.15) is 0 Å². The zero-order chi connectivity index (χ0) is 15.4. The molecule has 1 aromatic carbocycles. The fraction of sp³-hybridized carbons (Fsp3) is 0.571. The molecule has 1 unspecified atom stereocenters. The van der Waals surface area contributed by atoms with Crippen LogP contribution in [0.1, 0.15) is 5.56 Å². The fourth-order valence-corrected chi connectivity index (χ4v) is 2.18. The van der Waals surface area contributed by atoms with Crippen molar-refractivity contribution in [2.45, 2.75) is 37.3 Å². The summed E-state index contributed by atoms with van der Waals surface area (Å²) in [4.78, 5) is 0. The normalized spacial score (nSPS) is 32.9. The molecule has 2 rings (SSSR count). The molecule has 7 heteroatoms. The van der Waals surface area contributed by atoms with Gasteiger partial charge in [-0.1, -0.05) is 12.1 Å². The summed E-state index contributed by atoms with van der Waals surface area (Å²) >= 11 is 0. The Morgan fingerprint density at radius 3 is 2.33 bits per heavy atom. The molecule has 0 amide bonds. The van der Waals surface area contributed by atoms with Crippen molar-refractivity contribution in [3.05, 3.63) is 29.8 Å². The largest absolute Gasteiger partial charge is 0.497 e. The Balaban J connectivity index is 1.98. The van der Waals surface area contributed by atoms with Crippen molar-refractivity contribution < 1.29 is 34.6 Å². The molecule has 0 aliphatic carbocycles. The minimum atomic E-state index is -1.51. The van der Waals surface area contributed by atoms with Crippen LogP contribution in [0.5, 0.6) is 5.75 Å². The molecule has 21 heavy (non-hydrogen) atoms. The molecule has 5 atom stereocenters. The second-order valence-electron chi connectivity index (χ2n) is 4.85. The maximum atomic E-state index is 9.98. The van der Waals surface area contributed by atoms with Gasteiger partial charge in [-0.15, -0.1) is 0 Å². The maximum absolute atomic E-state index is 9.98. The van der Waals surface area contributed by atoms with Crippen molar-refractivity contribution in [1.29, 1.82) is 0 Å². The van der Waals surface area contributed by atoms with E-state index in [2.05, 4.69) is 0 Å². The van der Waals surface area contributed by atoms with Crippen LogP contribution in [-0.2, 0) is 16.1 Å². The van der Waals surface area contributed by atoms with Crippen LogP contribution >= 0.6 is 0 Å². The van der Waals surface area contributed by atoms with E-state index in [4.69, 9.17) is 19.3 Å². The van der Waals surface area contributed by atoms with Gasteiger partial charge in [0.25, 0.3) is 0 Å². The van der Waals surface area contributed by atoms with E-state index in [1.807, 2.05) is 0 Å². The molecule has 1 fully saturated rings. The van der Waals surface area contributed by atoms with E-state index >= 15 is 0 Å². The lowest BCUT2D eigenvalue weighted by Crippen LogP contribution is -2.59. The molecule has 1 aromatic rings. The van der Waals surface area contributed by atoms with E-state index in [1.165, 1.54) is 0 Å². The molecule has 0 saturated carbocycles. The predicted octanol–water partition coefficient (Wildman–Crippen LogP) is -0.988. The first-order valence-electron chi connectivity index (χ1n) is 6.62. The zero-order valence-electron chi connectivity index (χ0n) is 11.6. The monoisotopic (exact) mass is 300 g/mol. The van der Waals surface area contributed by atoms with Gasteiger partial charge in [0.2, 0.25) is 0 Å². The lowest BCUT2D eigenvalue weighted by molar-refractivity contribution is -0.296. The highest BCUT2D eigenvalue weighted by molar-refractivity contribution is 5.26. The van der Waals surface area contributed by atoms with Crippen LogP contribution in [0.4, 0.5) is 0 Å². The van der Waals surface area contributed by atoms with Gasteiger partial charge in [0, 0.05) is 0 Å². The Labute approximate surface area is 122 Å². The number of aliphatic hydroxyl groups is 4. The fourth-order valence-electron chi connectivity index (χ4n) is 2.18. The third-order valence-corrected chi connectivity index (χ3v) is 3.44. The first-order valence-corrected chi connectivity index (χ1v) is 6.62. The SMILES string of the molecule is COc1ccc(CO[C@H]2[C@@H](O)[C@@H](CO)OC(O)[C@@H]2O)cc1. The van der Waals surface area contributed by atoms with Crippen LogP contribution in [-0.4, -0.2) is 64.8 Å². The van der Waals surface area contributed by atoms with Crippen molar-refractivity contribution in [3.63, 3.8) is 0 Å². The molecule has 0 bridgehead atoms. The van der Waals surface area contributed by atoms with Gasteiger partial charge in [-0.3, -0.25) is 0 Å². The topological polar surface area (TPSA) is 109 Å². The van der Waals surface area contributed by atoms with Crippen molar-refractivity contribution in [1.82, 2.24) is 0 Å². The summed E-state index contributed by atoms with van der Waals surface area (Å²) in [6.07, 6.45) is -6.17. The molecule has 7 nitrogen and oxygen atoms in total. The van der Waals surface area contributed by atoms with Crippen LogP contribution in [0.25, 0.3) is 0 Å². The summed E-state index contributed by atoms with van der Waals surface area (Å²) < 4.78 is 15.4. The Bertz CT molecular complexity index is 435. The molecule has 118 valence electrons. The third-order valence-electron chi connectivity index (χ3n) is 3.44. The van der Waals surface area contributed by atoms with Crippen molar-refractivity contribution >= 4 is 0 Å². The average Bonchev–Trinajstić information content (AvgIpc) is 2.51. The second-order valence-corrected chi connectivity index (χ2v) is 4.85. The number of hydrogen-bond acceptors (Lipinski definition) is 7. The Hall–Kier alpha value is -1.22. The van der Waals surface area contributed by atoms with Gasteiger partial charge in [0.1, 0.15) is 30.2 Å². The van der Waals surface area contributed by atoms with Crippen LogP contribution in [0.2, 0.25) is 0 Å². The molecule has 0 spiro atoms. The predicted molar refractivity (Wildman–Crippen MR) is 71.6 cm³/mol. The van der Waals surface area contributed by atoms with Gasteiger partial charge < -0.3 is 34.6 Å². The van der Waals surface area contributed by atoms with Crippen LogP contribution in [0.15, 0.2) is 24.3 Å². The minimum Gasteiger partial charge on any atom is -0.497 e. The minimum absolute atomic E-state index is 0.133.